The molecule has 0 spiro atoms. The molecule has 1 amide bonds. The van der Waals surface area contributed by atoms with Crippen molar-refractivity contribution in [2.45, 2.75) is 32.7 Å². The first-order chi connectivity index (χ1) is 9.04. The van der Waals surface area contributed by atoms with Gasteiger partial charge in [0, 0.05) is 12.5 Å². The van der Waals surface area contributed by atoms with Gasteiger partial charge < -0.3 is 15.8 Å². The molecule has 1 aromatic carbocycles. The van der Waals surface area contributed by atoms with Gasteiger partial charge in [0.1, 0.15) is 0 Å². The van der Waals surface area contributed by atoms with E-state index < -0.39 is 5.97 Å². The molecule has 104 valence electrons. The quantitative estimate of drug-likeness (QED) is 0.769. The zero-order chi connectivity index (χ0) is 14.3. The number of anilines is 1. The van der Waals surface area contributed by atoms with E-state index in [0.717, 1.165) is 0 Å². The van der Waals surface area contributed by atoms with E-state index in [4.69, 9.17) is 10.5 Å². The number of hydrogen-bond acceptors (Lipinski definition) is 4. The number of hydrogen-bond donors (Lipinski definition) is 2. The molecule has 0 aliphatic carbocycles. The van der Waals surface area contributed by atoms with Gasteiger partial charge in [-0.2, -0.15) is 0 Å². The minimum atomic E-state index is -0.439. The van der Waals surface area contributed by atoms with Gasteiger partial charge in [0.15, 0.2) is 0 Å². The van der Waals surface area contributed by atoms with E-state index in [-0.39, 0.29) is 11.9 Å². The summed E-state index contributed by atoms with van der Waals surface area (Å²) in [6.45, 7) is 3.88. The van der Waals surface area contributed by atoms with Crippen LogP contribution in [-0.2, 0) is 9.53 Å². The first kappa shape index (κ1) is 15.2. The summed E-state index contributed by atoms with van der Waals surface area (Å²) in [6, 6.07) is 6.76. The van der Waals surface area contributed by atoms with Crippen molar-refractivity contribution in [1.29, 1.82) is 0 Å². The van der Waals surface area contributed by atoms with Crippen LogP contribution in [0.15, 0.2) is 24.3 Å². The minimum Gasteiger partial charge on any atom is -0.462 e. The summed E-state index contributed by atoms with van der Waals surface area (Å²) in [5.41, 5.74) is 6.43. The zero-order valence-corrected chi connectivity index (χ0v) is 11.3. The number of carbonyl (C=O) groups excluding carboxylic acids is 2. The molecule has 1 aromatic rings. The number of nitrogens with one attached hydrogen (secondary N) is 1. The predicted octanol–water partition coefficient (Wildman–Crippen LogP) is 1.93. The van der Waals surface area contributed by atoms with Crippen molar-refractivity contribution >= 4 is 17.6 Å². The van der Waals surface area contributed by atoms with Crippen molar-refractivity contribution in [3.05, 3.63) is 29.8 Å². The van der Waals surface area contributed by atoms with Gasteiger partial charge in [0.25, 0.3) is 0 Å². The lowest BCUT2D eigenvalue weighted by Crippen LogP contribution is -2.20. The standard InChI is InChI=1S/C14H20N2O3/c1-3-19-14(18)11-6-4-5-7-12(11)16-13(17)9-8-10(2)15/h4-7,10H,3,8-9,15H2,1-2H3,(H,16,17). The highest BCUT2D eigenvalue weighted by atomic mass is 16.5. The van der Waals surface area contributed by atoms with Crippen LogP contribution in [0.2, 0.25) is 0 Å². The summed E-state index contributed by atoms with van der Waals surface area (Å²) in [4.78, 5) is 23.5. The summed E-state index contributed by atoms with van der Waals surface area (Å²) in [5.74, 6) is -0.598. The van der Waals surface area contributed by atoms with Crippen LogP contribution in [0.25, 0.3) is 0 Å². The number of esters is 1. The number of para-hydroxylation sites is 1. The Bertz CT molecular complexity index is 444. The summed E-state index contributed by atoms with van der Waals surface area (Å²) in [6.07, 6.45) is 0.933. The Labute approximate surface area is 113 Å². The van der Waals surface area contributed by atoms with E-state index in [1.807, 2.05) is 6.92 Å². The maximum absolute atomic E-state index is 11.7. The van der Waals surface area contributed by atoms with Gasteiger partial charge in [-0.25, -0.2) is 4.79 Å². The van der Waals surface area contributed by atoms with Crippen LogP contribution in [-0.4, -0.2) is 24.5 Å². The number of rotatable bonds is 6. The molecule has 19 heavy (non-hydrogen) atoms. The molecule has 1 rings (SSSR count). The molecule has 1 atom stereocenters. The van der Waals surface area contributed by atoms with E-state index >= 15 is 0 Å². The molecule has 0 heterocycles. The lowest BCUT2D eigenvalue weighted by molar-refractivity contribution is -0.116. The Balaban J connectivity index is 2.72. The van der Waals surface area contributed by atoms with E-state index in [2.05, 4.69) is 5.32 Å². The molecular weight excluding hydrogens is 244 g/mol. The lowest BCUT2D eigenvalue weighted by Gasteiger charge is -2.10. The summed E-state index contributed by atoms with van der Waals surface area (Å²) in [7, 11) is 0. The van der Waals surface area contributed by atoms with Crippen LogP contribution in [0.5, 0.6) is 0 Å². The van der Waals surface area contributed by atoms with E-state index in [9.17, 15) is 9.59 Å². The maximum Gasteiger partial charge on any atom is 0.340 e. The van der Waals surface area contributed by atoms with Gasteiger partial charge in [0.05, 0.1) is 17.9 Å². The monoisotopic (exact) mass is 264 g/mol. The normalized spacial score (nSPS) is 11.7. The Morgan fingerprint density at radius 3 is 2.68 bits per heavy atom. The minimum absolute atomic E-state index is 0.0222. The SMILES string of the molecule is CCOC(=O)c1ccccc1NC(=O)CCC(C)N. The molecule has 5 heteroatoms. The van der Waals surface area contributed by atoms with Crippen LogP contribution in [0.3, 0.4) is 0 Å². The van der Waals surface area contributed by atoms with Crippen molar-refractivity contribution < 1.29 is 14.3 Å². The van der Waals surface area contributed by atoms with Crippen LogP contribution < -0.4 is 11.1 Å². The van der Waals surface area contributed by atoms with E-state index in [0.29, 0.717) is 30.7 Å². The topological polar surface area (TPSA) is 81.4 Å². The Hall–Kier alpha value is -1.88. The van der Waals surface area contributed by atoms with Crippen LogP contribution in [0.4, 0.5) is 5.69 Å². The fourth-order valence-electron chi connectivity index (χ4n) is 1.55. The molecule has 0 aliphatic heterocycles. The second-order valence-electron chi connectivity index (χ2n) is 4.33. The molecule has 1 unspecified atom stereocenters. The highest BCUT2D eigenvalue weighted by Crippen LogP contribution is 2.16. The van der Waals surface area contributed by atoms with Crippen LogP contribution in [0, 0.1) is 0 Å². The largest absolute Gasteiger partial charge is 0.462 e. The van der Waals surface area contributed by atoms with Crippen LogP contribution in [0.1, 0.15) is 37.0 Å². The number of benzene rings is 1. The van der Waals surface area contributed by atoms with Crippen molar-refractivity contribution in [2.75, 3.05) is 11.9 Å². The van der Waals surface area contributed by atoms with Crippen molar-refractivity contribution in [1.82, 2.24) is 0 Å². The third-order valence-electron chi connectivity index (χ3n) is 2.52. The second kappa shape index (κ2) is 7.53. The number of nitrogens with two attached hydrogens (primary N) is 1. The van der Waals surface area contributed by atoms with Gasteiger partial charge in [-0.1, -0.05) is 12.1 Å². The first-order valence-corrected chi connectivity index (χ1v) is 6.36. The Morgan fingerprint density at radius 1 is 1.37 bits per heavy atom. The number of carbonyl (C=O) groups is 2. The fraction of sp³-hybridized carbons (Fsp3) is 0.429. The first-order valence-electron chi connectivity index (χ1n) is 6.36. The average Bonchev–Trinajstić information content (AvgIpc) is 2.37. The Kier molecular flexibility index (Phi) is 6.02. The van der Waals surface area contributed by atoms with Crippen molar-refractivity contribution in [3.63, 3.8) is 0 Å². The lowest BCUT2D eigenvalue weighted by atomic mass is 10.1. The smallest absolute Gasteiger partial charge is 0.340 e. The van der Waals surface area contributed by atoms with Gasteiger partial charge in [0.2, 0.25) is 5.91 Å². The number of ether oxygens (including phenoxy) is 1. The summed E-state index contributed by atoms with van der Waals surface area (Å²) < 4.78 is 4.94. The average molecular weight is 264 g/mol. The molecule has 0 saturated heterocycles. The van der Waals surface area contributed by atoms with Gasteiger partial charge in [-0.3, -0.25) is 4.79 Å². The predicted molar refractivity (Wildman–Crippen MR) is 73.9 cm³/mol. The molecule has 0 aromatic heterocycles. The van der Waals surface area contributed by atoms with Gasteiger partial charge in [-0.05, 0) is 32.4 Å². The molecule has 3 N–H and O–H groups in total. The summed E-state index contributed by atoms with van der Waals surface area (Å²) >= 11 is 0. The van der Waals surface area contributed by atoms with Crippen LogP contribution >= 0.6 is 0 Å². The molecule has 0 bridgehead atoms. The number of amides is 1. The molecule has 0 radical (unpaired) electrons. The van der Waals surface area contributed by atoms with E-state index in [1.165, 1.54) is 0 Å². The molecule has 0 fully saturated rings. The molecule has 0 saturated carbocycles. The third-order valence-corrected chi connectivity index (χ3v) is 2.52. The van der Waals surface area contributed by atoms with Crippen molar-refractivity contribution in [3.8, 4) is 0 Å². The molecule has 5 nitrogen and oxygen atoms in total. The summed E-state index contributed by atoms with van der Waals surface area (Å²) in [5, 5.41) is 2.71. The molecular formula is C14H20N2O3. The third kappa shape index (κ3) is 5.09. The highest BCUT2D eigenvalue weighted by Gasteiger charge is 2.13. The van der Waals surface area contributed by atoms with Gasteiger partial charge in [-0.15, -0.1) is 0 Å². The fourth-order valence-corrected chi connectivity index (χ4v) is 1.55. The van der Waals surface area contributed by atoms with E-state index in [1.54, 1.807) is 31.2 Å². The maximum atomic E-state index is 11.7. The van der Waals surface area contributed by atoms with Gasteiger partial charge >= 0.3 is 5.97 Å². The highest BCUT2D eigenvalue weighted by molar-refractivity contribution is 6.01. The molecule has 0 aliphatic rings. The van der Waals surface area contributed by atoms with Crippen molar-refractivity contribution in [2.24, 2.45) is 5.73 Å². The second-order valence-corrected chi connectivity index (χ2v) is 4.33. The zero-order valence-electron chi connectivity index (χ0n) is 11.3. The Morgan fingerprint density at radius 2 is 2.05 bits per heavy atom.